The number of hydrogen-bond donors (Lipinski definition) is 3. The maximum Gasteiger partial charge on any atom is 0.327 e. The predicted octanol–water partition coefficient (Wildman–Crippen LogP) is 6.87. The molecule has 0 unspecified atom stereocenters. The Bertz CT molecular complexity index is 1730. The third-order valence-corrected chi connectivity index (χ3v) is 12.5. The summed E-state index contributed by atoms with van der Waals surface area (Å²) in [5.74, 6) is -2.08. The van der Waals surface area contributed by atoms with Gasteiger partial charge in [0.1, 0.15) is 17.8 Å². The number of ether oxygens (including phenoxy) is 1. The first-order chi connectivity index (χ1) is 24.5. The Morgan fingerprint density at radius 1 is 0.941 bits per heavy atom. The second-order valence-electron chi connectivity index (χ2n) is 12.9. The summed E-state index contributed by atoms with van der Waals surface area (Å²) in [5.41, 5.74) is 1.49. The van der Waals surface area contributed by atoms with E-state index in [0.29, 0.717) is 22.7 Å². The zero-order valence-electron chi connectivity index (χ0n) is 29.7. The lowest BCUT2D eigenvalue weighted by molar-refractivity contribution is -0.141. The van der Waals surface area contributed by atoms with Crippen molar-refractivity contribution >= 4 is 62.5 Å². The number of sulfone groups is 1. The number of rotatable bonds is 18. The molecule has 2 atom stereocenters. The highest BCUT2D eigenvalue weighted by Crippen LogP contribution is 2.47. The maximum atomic E-state index is 14.4. The molecule has 1 aliphatic rings. The van der Waals surface area contributed by atoms with Crippen LogP contribution >= 0.6 is 23.5 Å². The minimum absolute atomic E-state index is 0.0105. The highest BCUT2D eigenvalue weighted by molar-refractivity contribution is 7.99. The predicted molar refractivity (Wildman–Crippen MR) is 206 cm³/mol. The fourth-order valence-electron chi connectivity index (χ4n) is 6.47. The largest absolute Gasteiger partial charge is 0.483 e. The number of carbonyl (C=O) groups excluding carboxylic acids is 2. The molecule has 0 aliphatic carbocycles. The molecular formula is C38H49N3O7S3. The number of carboxylic acid groups (broad SMARTS) is 1. The third-order valence-electron chi connectivity index (χ3n) is 9.06. The molecular weight excluding hydrogens is 707 g/mol. The minimum Gasteiger partial charge on any atom is -0.483 e. The van der Waals surface area contributed by atoms with Crippen molar-refractivity contribution in [3.8, 4) is 5.75 Å². The maximum absolute atomic E-state index is 14.4. The molecule has 1 aliphatic heterocycles. The van der Waals surface area contributed by atoms with Gasteiger partial charge in [-0.05, 0) is 49.1 Å². The van der Waals surface area contributed by atoms with Crippen molar-refractivity contribution in [2.45, 2.75) is 74.2 Å². The van der Waals surface area contributed by atoms with Crippen LogP contribution < -0.4 is 20.3 Å². The van der Waals surface area contributed by atoms with Crippen LogP contribution in [0.15, 0.2) is 82.6 Å². The second-order valence-corrected chi connectivity index (χ2v) is 16.6. The van der Waals surface area contributed by atoms with E-state index in [1.54, 1.807) is 36.6 Å². The normalized spacial score (nSPS) is 15.9. The van der Waals surface area contributed by atoms with Crippen LogP contribution in [-0.4, -0.2) is 74.5 Å². The second kappa shape index (κ2) is 18.7. The van der Waals surface area contributed by atoms with Crippen molar-refractivity contribution in [1.82, 2.24) is 10.6 Å². The van der Waals surface area contributed by atoms with Crippen LogP contribution in [-0.2, 0) is 24.2 Å². The number of aliphatic carboxylic acids is 1. The molecule has 0 saturated heterocycles. The molecule has 3 N–H and O–H groups in total. The third kappa shape index (κ3) is 10.4. The molecule has 1 heterocycles. The van der Waals surface area contributed by atoms with Crippen LogP contribution in [0.2, 0.25) is 0 Å². The van der Waals surface area contributed by atoms with E-state index in [-0.39, 0.29) is 22.2 Å². The number of para-hydroxylation sites is 1. The first-order valence-corrected chi connectivity index (χ1v) is 21.5. The molecule has 0 saturated carbocycles. The van der Waals surface area contributed by atoms with Crippen molar-refractivity contribution in [2.24, 2.45) is 5.41 Å². The number of carboxylic acids is 1. The van der Waals surface area contributed by atoms with Gasteiger partial charge in [-0.1, -0.05) is 88.1 Å². The first kappa shape index (κ1) is 40.1. The van der Waals surface area contributed by atoms with Crippen molar-refractivity contribution < 1.29 is 32.6 Å². The highest BCUT2D eigenvalue weighted by atomic mass is 32.2. The Hall–Kier alpha value is -3.68. The van der Waals surface area contributed by atoms with E-state index in [1.807, 2.05) is 42.7 Å². The van der Waals surface area contributed by atoms with Gasteiger partial charge in [-0.25, -0.2) is 13.2 Å². The van der Waals surface area contributed by atoms with E-state index < -0.39 is 51.7 Å². The Morgan fingerprint density at radius 3 is 2.14 bits per heavy atom. The number of anilines is 2. The van der Waals surface area contributed by atoms with Gasteiger partial charge in [0, 0.05) is 29.5 Å². The average Bonchev–Trinajstić information content (AvgIpc) is 3.22. The molecule has 0 spiro atoms. The van der Waals surface area contributed by atoms with Gasteiger partial charge in [0.05, 0.1) is 21.2 Å². The molecule has 13 heteroatoms. The van der Waals surface area contributed by atoms with Crippen LogP contribution in [0.1, 0.15) is 64.0 Å². The minimum atomic E-state index is -3.80. The lowest BCUT2D eigenvalue weighted by Crippen LogP contribution is -2.49. The van der Waals surface area contributed by atoms with Crippen LogP contribution in [0.25, 0.3) is 0 Å². The van der Waals surface area contributed by atoms with Crippen LogP contribution in [0, 0.1) is 5.41 Å². The smallest absolute Gasteiger partial charge is 0.327 e. The summed E-state index contributed by atoms with van der Waals surface area (Å²) in [6, 6.07) is 19.4. The molecule has 10 nitrogen and oxygen atoms in total. The lowest BCUT2D eigenvalue weighted by Gasteiger charge is -2.37. The van der Waals surface area contributed by atoms with Crippen LogP contribution in [0.3, 0.4) is 0 Å². The molecule has 0 radical (unpaired) electrons. The zero-order valence-corrected chi connectivity index (χ0v) is 32.2. The van der Waals surface area contributed by atoms with E-state index in [1.165, 1.54) is 29.6 Å². The number of fused-ring (bicyclic) bond motifs is 1. The summed E-state index contributed by atoms with van der Waals surface area (Å²) < 4.78 is 34.9. The van der Waals surface area contributed by atoms with Crippen molar-refractivity contribution in [2.75, 3.05) is 42.1 Å². The number of carbonyl (C=O) groups is 3. The lowest BCUT2D eigenvalue weighted by atomic mass is 9.79. The van der Waals surface area contributed by atoms with Crippen LogP contribution in [0.4, 0.5) is 11.4 Å². The molecule has 4 rings (SSSR count). The number of unbranched alkanes of at least 4 members (excludes halogenated alkanes) is 2. The molecule has 3 aromatic carbocycles. The van der Waals surface area contributed by atoms with Gasteiger partial charge in [-0.2, -0.15) is 11.8 Å². The highest BCUT2D eigenvalue weighted by Gasteiger charge is 2.42. The number of benzene rings is 3. The van der Waals surface area contributed by atoms with Gasteiger partial charge < -0.3 is 25.4 Å². The number of amides is 2. The van der Waals surface area contributed by atoms with E-state index in [2.05, 4.69) is 29.4 Å². The van der Waals surface area contributed by atoms with E-state index in [0.717, 1.165) is 44.2 Å². The van der Waals surface area contributed by atoms with Gasteiger partial charge in [0.15, 0.2) is 16.4 Å². The van der Waals surface area contributed by atoms with Crippen molar-refractivity contribution in [3.63, 3.8) is 0 Å². The topological polar surface area (TPSA) is 142 Å². The average molecular weight is 756 g/mol. The van der Waals surface area contributed by atoms with Gasteiger partial charge in [0.25, 0.3) is 5.91 Å². The number of hydrogen-bond acceptors (Lipinski definition) is 9. The molecule has 276 valence electrons. The Kier molecular flexibility index (Phi) is 14.7. The molecule has 51 heavy (non-hydrogen) atoms. The molecule has 2 amide bonds. The fraction of sp³-hybridized carbons (Fsp3) is 0.447. The van der Waals surface area contributed by atoms with E-state index >= 15 is 0 Å². The summed E-state index contributed by atoms with van der Waals surface area (Å²) in [6.45, 7) is 4.30. The number of thioether (sulfide) groups is 2. The zero-order chi connectivity index (χ0) is 37.0. The van der Waals surface area contributed by atoms with Gasteiger partial charge >= 0.3 is 5.97 Å². The molecule has 0 bridgehead atoms. The van der Waals surface area contributed by atoms with E-state index in [4.69, 9.17) is 4.74 Å². The SMILES string of the molecule is CCCCC1(CCCC)CN(c2ccccc2)c2cc(SC)c(OCC(=O)N[C@@H](C(=O)N[C@H](CSC)C(=O)O)c3ccccc3)cc2S(=O)(=O)C1. The van der Waals surface area contributed by atoms with Crippen molar-refractivity contribution in [3.05, 3.63) is 78.4 Å². The van der Waals surface area contributed by atoms with E-state index in [9.17, 15) is 27.9 Å². The summed E-state index contributed by atoms with van der Waals surface area (Å²) in [5, 5.41) is 14.8. The van der Waals surface area contributed by atoms with Gasteiger partial charge in [-0.3, -0.25) is 9.59 Å². The van der Waals surface area contributed by atoms with Crippen molar-refractivity contribution in [1.29, 1.82) is 0 Å². The Balaban J connectivity index is 1.67. The summed E-state index contributed by atoms with van der Waals surface area (Å²) >= 11 is 2.66. The Labute approximate surface area is 310 Å². The summed E-state index contributed by atoms with van der Waals surface area (Å²) in [6.07, 6.45) is 8.96. The van der Waals surface area contributed by atoms with Gasteiger partial charge in [-0.15, -0.1) is 11.8 Å². The Morgan fingerprint density at radius 2 is 1.57 bits per heavy atom. The monoisotopic (exact) mass is 755 g/mol. The quantitative estimate of drug-likeness (QED) is 0.118. The number of nitrogens with zero attached hydrogens (tertiary/aromatic N) is 1. The molecule has 0 aromatic heterocycles. The summed E-state index contributed by atoms with van der Waals surface area (Å²) in [4.78, 5) is 41.4. The number of nitrogens with one attached hydrogen (secondary N) is 2. The van der Waals surface area contributed by atoms with Crippen LogP contribution in [0.5, 0.6) is 5.75 Å². The fourth-order valence-corrected chi connectivity index (χ4v) is 9.69. The molecule has 3 aromatic rings. The standard InChI is InChI=1S/C38H49N3O7S3/c1-5-7-19-38(20-8-6-2)25-41(28-17-13-10-14-18-28)30-21-32(50-4)31(22-33(30)51(46,47)26-38)48-23-34(42)40-35(27-15-11-9-12-16-27)36(43)39-29(24-49-3)37(44)45/h9-18,21-22,29,35H,5-8,19-20,23-26H2,1-4H3,(H,39,43)(H,40,42)(H,44,45)/t29-,35-/m1/s1. The molecule has 0 fully saturated rings. The first-order valence-electron chi connectivity index (χ1n) is 17.2. The summed E-state index contributed by atoms with van der Waals surface area (Å²) in [7, 11) is -3.80. The van der Waals surface area contributed by atoms with Gasteiger partial charge in [0.2, 0.25) is 5.91 Å².